The maximum absolute atomic E-state index is 12.3. The molecule has 94 valence electrons. The van der Waals surface area contributed by atoms with Crippen molar-refractivity contribution in [1.29, 1.82) is 0 Å². The molecule has 0 radical (unpaired) electrons. The Bertz CT molecular complexity index is 445. The first-order chi connectivity index (χ1) is 7.89. The molecule has 0 aliphatic carbocycles. The topological polar surface area (TPSA) is 40.5 Å². The SMILES string of the molecule is CC1(O)CCCN(C(=O)c2cc(Br)sc2Br)C1. The minimum absolute atomic E-state index is 0.0150. The Balaban J connectivity index is 2.18. The average Bonchev–Trinajstić information content (AvgIpc) is 2.55. The molecule has 1 aliphatic heterocycles. The zero-order valence-corrected chi connectivity index (χ0v) is 13.4. The molecule has 0 aromatic carbocycles. The van der Waals surface area contributed by atoms with Crippen molar-refractivity contribution in [3.8, 4) is 0 Å². The van der Waals surface area contributed by atoms with Gasteiger partial charge in [-0.3, -0.25) is 4.79 Å². The first kappa shape index (κ1) is 13.5. The molecule has 0 bridgehead atoms. The molecular formula is C11H13Br2NO2S. The molecule has 1 fully saturated rings. The molecule has 1 aliphatic rings. The predicted octanol–water partition coefficient (Wildman–Crippen LogP) is 3.26. The maximum atomic E-state index is 12.3. The van der Waals surface area contributed by atoms with Crippen molar-refractivity contribution in [1.82, 2.24) is 4.90 Å². The van der Waals surface area contributed by atoms with E-state index in [0.29, 0.717) is 12.1 Å². The summed E-state index contributed by atoms with van der Waals surface area (Å²) >= 11 is 8.24. The molecule has 1 saturated heterocycles. The Morgan fingerprint density at radius 2 is 2.29 bits per heavy atom. The first-order valence-electron chi connectivity index (χ1n) is 5.35. The normalized spacial score (nSPS) is 25.1. The maximum Gasteiger partial charge on any atom is 0.256 e. The van der Waals surface area contributed by atoms with Gasteiger partial charge in [-0.25, -0.2) is 0 Å². The second kappa shape index (κ2) is 4.99. The van der Waals surface area contributed by atoms with Crippen LogP contribution in [0.2, 0.25) is 0 Å². The Morgan fingerprint density at radius 3 is 2.82 bits per heavy atom. The van der Waals surface area contributed by atoms with Crippen LogP contribution in [0, 0.1) is 0 Å². The molecule has 1 N–H and O–H groups in total. The molecule has 0 spiro atoms. The fourth-order valence-electron chi connectivity index (χ4n) is 2.05. The molecule has 6 heteroatoms. The number of rotatable bonds is 1. The summed E-state index contributed by atoms with van der Waals surface area (Å²) < 4.78 is 1.76. The number of thiophene rings is 1. The lowest BCUT2D eigenvalue weighted by atomic mass is 9.95. The van der Waals surface area contributed by atoms with Crippen molar-refractivity contribution < 1.29 is 9.90 Å². The van der Waals surface area contributed by atoms with Crippen LogP contribution in [0.25, 0.3) is 0 Å². The van der Waals surface area contributed by atoms with Gasteiger partial charge in [0.25, 0.3) is 5.91 Å². The van der Waals surface area contributed by atoms with Crippen molar-refractivity contribution in [3.63, 3.8) is 0 Å². The molecule has 2 rings (SSSR count). The van der Waals surface area contributed by atoms with Gasteiger partial charge in [0.2, 0.25) is 0 Å². The summed E-state index contributed by atoms with van der Waals surface area (Å²) in [4.78, 5) is 14.0. The van der Waals surface area contributed by atoms with Crippen LogP contribution in [0.4, 0.5) is 0 Å². The summed E-state index contributed by atoms with van der Waals surface area (Å²) in [5.41, 5.74) is -0.0900. The molecule has 1 amide bonds. The summed E-state index contributed by atoms with van der Waals surface area (Å²) in [7, 11) is 0. The quantitative estimate of drug-likeness (QED) is 0.809. The minimum Gasteiger partial charge on any atom is -0.388 e. The van der Waals surface area contributed by atoms with Gasteiger partial charge in [-0.1, -0.05) is 0 Å². The van der Waals surface area contributed by atoms with Gasteiger partial charge in [0.1, 0.15) is 0 Å². The monoisotopic (exact) mass is 381 g/mol. The number of aliphatic hydroxyl groups is 1. The van der Waals surface area contributed by atoms with E-state index < -0.39 is 5.60 Å². The molecule has 3 nitrogen and oxygen atoms in total. The van der Waals surface area contributed by atoms with E-state index in [1.807, 2.05) is 6.07 Å². The molecule has 1 aromatic heterocycles. The molecule has 1 atom stereocenters. The van der Waals surface area contributed by atoms with E-state index in [0.717, 1.165) is 27.0 Å². The summed E-state index contributed by atoms with van der Waals surface area (Å²) in [5.74, 6) is -0.0150. The molecule has 2 heterocycles. The number of nitrogens with zero attached hydrogens (tertiary/aromatic N) is 1. The molecule has 1 aromatic rings. The van der Waals surface area contributed by atoms with Crippen molar-refractivity contribution >= 4 is 49.1 Å². The fraction of sp³-hybridized carbons (Fsp3) is 0.545. The summed E-state index contributed by atoms with van der Waals surface area (Å²) in [6.07, 6.45) is 1.60. The molecule has 0 saturated carbocycles. The van der Waals surface area contributed by atoms with Gasteiger partial charge < -0.3 is 10.0 Å². The molecule has 1 unspecified atom stereocenters. The van der Waals surface area contributed by atoms with Crippen molar-refractivity contribution in [2.45, 2.75) is 25.4 Å². The van der Waals surface area contributed by atoms with E-state index in [-0.39, 0.29) is 5.91 Å². The Labute approximate surface area is 121 Å². The third kappa shape index (κ3) is 3.10. The number of halogens is 2. The second-order valence-corrected chi connectivity index (χ2v) is 8.31. The number of piperidine rings is 1. The van der Waals surface area contributed by atoms with E-state index in [9.17, 15) is 9.90 Å². The number of hydrogen-bond acceptors (Lipinski definition) is 3. The van der Waals surface area contributed by atoms with Gasteiger partial charge in [-0.2, -0.15) is 0 Å². The van der Waals surface area contributed by atoms with Gasteiger partial charge in [0.15, 0.2) is 0 Å². The Hall–Kier alpha value is 0.0900. The number of hydrogen-bond donors (Lipinski definition) is 1. The standard InChI is InChI=1S/C11H13Br2NO2S/c1-11(16)3-2-4-14(6-11)10(15)7-5-8(12)17-9(7)13/h5,16H,2-4,6H2,1H3. The zero-order chi connectivity index (χ0) is 12.6. The summed E-state index contributed by atoms with van der Waals surface area (Å²) in [5, 5.41) is 10.0. The highest BCUT2D eigenvalue weighted by Crippen LogP contribution is 2.33. The van der Waals surface area contributed by atoms with Crippen LogP contribution in [0.3, 0.4) is 0 Å². The summed E-state index contributed by atoms with van der Waals surface area (Å²) in [6.45, 7) is 2.91. The van der Waals surface area contributed by atoms with E-state index in [4.69, 9.17) is 0 Å². The number of carbonyl (C=O) groups excluding carboxylic acids is 1. The fourth-order valence-corrected chi connectivity index (χ4v) is 4.83. The third-order valence-electron chi connectivity index (χ3n) is 2.85. The predicted molar refractivity (Wildman–Crippen MR) is 75.5 cm³/mol. The third-order valence-corrected chi connectivity index (χ3v) is 5.19. The van der Waals surface area contributed by atoms with Crippen molar-refractivity contribution in [2.75, 3.05) is 13.1 Å². The van der Waals surface area contributed by atoms with Crippen LogP contribution in [-0.4, -0.2) is 34.6 Å². The van der Waals surface area contributed by atoms with Crippen LogP contribution in [-0.2, 0) is 0 Å². The van der Waals surface area contributed by atoms with E-state index in [1.54, 1.807) is 11.8 Å². The van der Waals surface area contributed by atoms with Crippen LogP contribution in [0.1, 0.15) is 30.1 Å². The highest BCUT2D eigenvalue weighted by atomic mass is 79.9. The minimum atomic E-state index is -0.756. The lowest BCUT2D eigenvalue weighted by Gasteiger charge is -2.36. The Morgan fingerprint density at radius 1 is 1.59 bits per heavy atom. The number of carbonyl (C=O) groups is 1. The van der Waals surface area contributed by atoms with Gasteiger partial charge in [-0.05, 0) is 57.7 Å². The van der Waals surface area contributed by atoms with Crippen LogP contribution < -0.4 is 0 Å². The number of likely N-dealkylation sites (tertiary alicyclic amines) is 1. The lowest BCUT2D eigenvalue weighted by Crippen LogP contribution is -2.48. The van der Waals surface area contributed by atoms with Crippen LogP contribution in [0.15, 0.2) is 13.6 Å². The smallest absolute Gasteiger partial charge is 0.256 e. The molecule has 17 heavy (non-hydrogen) atoms. The van der Waals surface area contributed by atoms with Crippen molar-refractivity contribution in [3.05, 3.63) is 19.2 Å². The van der Waals surface area contributed by atoms with Crippen LogP contribution in [0.5, 0.6) is 0 Å². The molecular weight excluding hydrogens is 370 g/mol. The zero-order valence-electron chi connectivity index (χ0n) is 9.37. The van der Waals surface area contributed by atoms with Gasteiger partial charge in [-0.15, -0.1) is 11.3 Å². The van der Waals surface area contributed by atoms with E-state index in [1.165, 1.54) is 11.3 Å². The van der Waals surface area contributed by atoms with Crippen molar-refractivity contribution in [2.24, 2.45) is 0 Å². The lowest BCUT2D eigenvalue weighted by molar-refractivity contribution is -0.0107. The Kier molecular flexibility index (Phi) is 3.97. The summed E-state index contributed by atoms with van der Waals surface area (Å²) in [6, 6.07) is 1.82. The van der Waals surface area contributed by atoms with Gasteiger partial charge in [0, 0.05) is 13.1 Å². The number of β-amino-alcohol motifs (C(OH)–C–C–N with tert-alkyl or cyclic N) is 1. The average molecular weight is 383 g/mol. The van der Waals surface area contributed by atoms with Gasteiger partial charge >= 0.3 is 0 Å². The van der Waals surface area contributed by atoms with Crippen LogP contribution >= 0.6 is 43.2 Å². The van der Waals surface area contributed by atoms with E-state index >= 15 is 0 Å². The highest BCUT2D eigenvalue weighted by molar-refractivity contribution is 9.12. The first-order valence-corrected chi connectivity index (χ1v) is 7.76. The number of amides is 1. The largest absolute Gasteiger partial charge is 0.388 e. The highest BCUT2D eigenvalue weighted by Gasteiger charge is 2.32. The second-order valence-electron chi connectivity index (χ2n) is 4.57. The van der Waals surface area contributed by atoms with E-state index in [2.05, 4.69) is 31.9 Å². The van der Waals surface area contributed by atoms with Gasteiger partial charge in [0.05, 0.1) is 18.7 Å².